The van der Waals surface area contributed by atoms with Gasteiger partial charge in [0.1, 0.15) is 11.6 Å². The van der Waals surface area contributed by atoms with Gasteiger partial charge in [0.05, 0.1) is 0 Å². The van der Waals surface area contributed by atoms with Crippen LogP contribution >= 0.6 is 0 Å². The molecule has 65 valence electrons. The van der Waals surface area contributed by atoms with Crippen LogP contribution in [-0.4, -0.2) is 0 Å². The maximum atomic E-state index is 12.9. The topological polar surface area (TPSA) is 0 Å². The van der Waals surface area contributed by atoms with Crippen molar-refractivity contribution in [2.45, 2.75) is 19.3 Å². The number of unbranched alkanes of at least 4 members (excludes halogenated alkanes) is 1. The van der Waals surface area contributed by atoms with E-state index in [2.05, 4.69) is 6.92 Å². The van der Waals surface area contributed by atoms with Crippen molar-refractivity contribution in [2.24, 2.45) is 0 Å². The van der Waals surface area contributed by atoms with E-state index in [0.717, 1.165) is 6.42 Å². The highest BCUT2D eigenvalue weighted by Gasteiger charge is 2.06. The highest BCUT2D eigenvalue weighted by atomic mass is 19.1. The molecule has 0 aromatic heterocycles. The minimum Gasteiger partial charge on any atom is -0.207 e. The molecule has 1 rings (SSSR count). The average Bonchev–Trinajstić information content (AvgIpc) is 2.04. The molecule has 0 fully saturated rings. The maximum Gasteiger partial charge on any atom is 0.129 e. The Bertz CT molecular complexity index is 236. The van der Waals surface area contributed by atoms with E-state index in [1.54, 1.807) is 0 Å². The van der Waals surface area contributed by atoms with Gasteiger partial charge in [-0.2, -0.15) is 0 Å². The van der Waals surface area contributed by atoms with Crippen molar-refractivity contribution in [1.82, 2.24) is 0 Å². The van der Waals surface area contributed by atoms with Gasteiger partial charge in [-0.3, -0.25) is 0 Å². The van der Waals surface area contributed by atoms with Gasteiger partial charge in [-0.15, -0.1) is 0 Å². The van der Waals surface area contributed by atoms with E-state index < -0.39 is 11.6 Å². The predicted octanol–water partition coefficient (Wildman–Crippen LogP) is 3.12. The third-order valence-corrected chi connectivity index (χ3v) is 1.74. The molecule has 0 nitrogen and oxygen atoms in total. The van der Waals surface area contributed by atoms with Crippen LogP contribution in [0.25, 0.3) is 0 Å². The molecule has 0 atom stereocenters. The molecule has 1 aromatic rings. The van der Waals surface area contributed by atoms with E-state index in [4.69, 9.17) is 0 Å². The summed E-state index contributed by atoms with van der Waals surface area (Å²) in [6.45, 7) is 3.62. The van der Waals surface area contributed by atoms with Crippen LogP contribution in [0, 0.1) is 18.6 Å². The summed E-state index contributed by atoms with van der Waals surface area (Å²) in [7, 11) is 0. The molecule has 0 heterocycles. The molecule has 1 aromatic carbocycles. The van der Waals surface area contributed by atoms with Gasteiger partial charge in [-0.25, -0.2) is 8.78 Å². The summed E-state index contributed by atoms with van der Waals surface area (Å²) in [5.74, 6) is -0.910. The monoisotopic (exact) mass is 169 g/mol. The summed E-state index contributed by atoms with van der Waals surface area (Å²) < 4.78 is 25.8. The van der Waals surface area contributed by atoms with Gasteiger partial charge in [0.15, 0.2) is 0 Å². The molecule has 0 spiro atoms. The molecule has 0 unspecified atom stereocenters. The van der Waals surface area contributed by atoms with E-state index in [-0.39, 0.29) is 5.56 Å². The van der Waals surface area contributed by atoms with Crippen molar-refractivity contribution < 1.29 is 8.78 Å². The molecule has 0 saturated heterocycles. The van der Waals surface area contributed by atoms with Crippen molar-refractivity contribution in [3.63, 3.8) is 0 Å². The second-order valence-corrected chi connectivity index (χ2v) is 2.66. The number of benzene rings is 1. The van der Waals surface area contributed by atoms with Crippen molar-refractivity contribution in [2.75, 3.05) is 0 Å². The highest BCUT2D eigenvalue weighted by Crippen LogP contribution is 2.14. The molecule has 0 amide bonds. The molecule has 0 aliphatic rings. The number of hydrogen-bond donors (Lipinski definition) is 0. The summed E-state index contributed by atoms with van der Waals surface area (Å²) in [6.07, 6.45) is 1.85. The standard InChI is InChI=1S/C10H11F2/c1-2-3-5-8-9(11)6-4-7-10(8)12/h4,6-7H,1-3,5H2. The van der Waals surface area contributed by atoms with Crippen LogP contribution < -0.4 is 0 Å². The third-order valence-electron chi connectivity index (χ3n) is 1.74. The van der Waals surface area contributed by atoms with Crippen molar-refractivity contribution in [3.8, 4) is 0 Å². The number of rotatable bonds is 3. The van der Waals surface area contributed by atoms with Crippen LogP contribution in [0.1, 0.15) is 18.4 Å². The second kappa shape index (κ2) is 4.19. The van der Waals surface area contributed by atoms with Crippen LogP contribution in [-0.2, 0) is 6.42 Å². The lowest BCUT2D eigenvalue weighted by Gasteiger charge is -2.02. The minimum absolute atomic E-state index is 0.182. The van der Waals surface area contributed by atoms with Crippen molar-refractivity contribution in [3.05, 3.63) is 42.3 Å². The van der Waals surface area contributed by atoms with Crippen molar-refractivity contribution in [1.29, 1.82) is 0 Å². The molecule has 1 radical (unpaired) electrons. The molecule has 12 heavy (non-hydrogen) atoms. The van der Waals surface area contributed by atoms with Gasteiger partial charge in [0, 0.05) is 5.56 Å². The zero-order chi connectivity index (χ0) is 8.97. The number of hydrogen-bond acceptors (Lipinski definition) is 0. The Balaban J connectivity index is 2.81. The first kappa shape index (κ1) is 9.17. The lowest BCUT2D eigenvalue weighted by atomic mass is 10.1. The van der Waals surface area contributed by atoms with E-state index >= 15 is 0 Å². The SMILES string of the molecule is [CH2]CCCc1c(F)cccc1F. The molecular weight excluding hydrogens is 158 g/mol. The summed E-state index contributed by atoms with van der Waals surface area (Å²) in [5.41, 5.74) is 0.182. The Hall–Kier alpha value is -0.920. The Kier molecular flexibility index (Phi) is 3.20. The first-order valence-electron chi connectivity index (χ1n) is 3.98. The van der Waals surface area contributed by atoms with E-state index in [0.29, 0.717) is 12.8 Å². The molecule has 2 heteroatoms. The molecular formula is C10H11F2. The summed E-state index contributed by atoms with van der Waals surface area (Å²) in [4.78, 5) is 0. The highest BCUT2D eigenvalue weighted by molar-refractivity contribution is 5.19. The lowest BCUT2D eigenvalue weighted by Crippen LogP contribution is -1.94. The summed E-state index contributed by atoms with van der Waals surface area (Å²) in [5, 5.41) is 0. The van der Waals surface area contributed by atoms with Crippen LogP contribution in [0.4, 0.5) is 8.78 Å². The quantitative estimate of drug-likeness (QED) is 0.652. The first-order chi connectivity index (χ1) is 5.75. The van der Waals surface area contributed by atoms with Crippen LogP contribution in [0.15, 0.2) is 18.2 Å². The fraction of sp³-hybridized carbons (Fsp3) is 0.300. The average molecular weight is 169 g/mol. The molecule has 0 saturated carbocycles. The van der Waals surface area contributed by atoms with Crippen LogP contribution in [0.2, 0.25) is 0 Å². The maximum absolute atomic E-state index is 12.9. The zero-order valence-corrected chi connectivity index (χ0v) is 6.82. The molecule has 0 N–H and O–H groups in total. The van der Waals surface area contributed by atoms with Gasteiger partial charge >= 0.3 is 0 Å². The molecule has 0 aliphatic heterocycles. The lowest BCUT2D eigenvalue weighted by molar-refractivity contribution is 0.550. The normalized spacial score (nSPS) is 10.2. The van der Waals surface area contributed by atoms with Crippen LogP contribution in [0.3, 0.4) is 0 Å². The molecule has 0 bridgehead atoms. The summed E-state index contributed by atoms with van der Waals surface area (Å²) in [6, 6.07) is 3.93. The number of halogens is 2. The van der Waals surface area contributed by atoms with Gasteiger partial charge in [0.25, 0.3) is 0 Å². The smallest absolute Gasteiger partial charge is 0.129 e. The van der Waals surface area contributed by atoms with E-state index in [1.165, 1.54) is 18.2 Å². The van der Waals surface area contributed by atoms with Gasteiger partial charge in [-0.05, 0) is 25.0 Å². The second-order valence-electron chi connectivity index (χ2n) is 2.66. The summed E-state index contributed by atoms with van der Waals surface area (Å²) >= 11 is 0. The van der Waals surface area contributed by atoms with E-state index in [9.17, 15) is 8.78 Å². The Morgan fingerprint density at radius 2 is 1.75 bits per heavy atom. The predicted molar refractivity (Wildman–Crippen MR) is 44.7 cm³/mol. The molecule has 0 aliphatic carbocycles. The van der Waals surface area contributed by atoms with Crippen molar-refractivity contribution >= 4 is 0 Å². The van der Waals surface area contributed by atoms with Gasteiger partial charge in [0.2, 0.25) is 0 Å². The third kappa shape index (κ3) is 2.03. The van der Waals surface area contributed by atoms with Crippen LogP contribution in [0.5, 0.6) is 0 Å². The first-order valence-corrected chi connectivity index (χ1v) is 3.98. The fourth-order valence-corrected chi connectivity index (χ4v) is 1.07. The zero-order valence-electron chi connectivity index (χ0n) is 6.82. The van der Waals surface area contributed by atoms with Gasteiger partial charge in [-0.1, -0.05) is 19.4 Å². The Morgan fingerprint density at radius 3 is 2.25 bits per heavy atom. The Morgan fingerprint density at radius 1 is 1.17 bits per heavy atom. The Labute approximate surface area is 71.2 Å². The fourth-order valence-electron chi connectivity index (χ4n) is 1.07. The van der Waals surface area contributed by atoms with E-state index in [1.807, 2.05) is 0 Å². The van der Waals surface area contributed by atoms with Gasteiger partial charge < -0.3 is 0 Å². The minimum atomic E-state index is -0.455. The largest absolute Gasteiger partial charge is 0.207 e.